The SMILES string of the molecule is CC(C)Oc1ccccc1C(=O)[SiH2]c1ccccc1. The number of hydrogen-bond acceptors (Lipinski definition) is 2. The number of para-hydroxylation sites is 1. The van der Waals surface area contributed by atoms with Gasteiger partial charge in [0.1, 0.15) is 20.7 Å². The van der Waals surface area contributed by atoms with E-state index in [4.69, 9.17) is 4.74 Å². The van der Waals surface area contributed by atoms with E-state index < -0.39 is 9.52 Å². The molecular formula is C16H18O2Si. The highest BCUT2D eigenvalue weighted by atomic mass is 28.2. The highest BCUT2D eigenvalue weighted by Gasteiger charge is 2.13. The molecule has 0 saturated carbocycles. The standard InChI is InChI=1S/C16H18O2Si/c1-12(2)18-15-11-7-6-10-14(15)16(17)19-13-8-4-3-5-9-13/h3-12H,19H2,1-2H3. The lowest BCUT2D eigenvalue weighted by atomic mass is 10.2. The Morgan fingerprint density at radius 3 is 2.32 bits per heavy atom. The lowest BCUT2D eigenvalue weighted by Crippen LogP contribution is -2.24. The van der Waals surface area contributed by atoms with Crippen LogP contribution in [0.5, 0.6) is 5.75 Å². The van der Waals surface area contributed by atoms with E-state index in [0.29, 0.717) is 11.3 Å². The number of carbonyl (C=O) groups is 1. The van der Waals surface area contributed by atoms with Crippen LogP contribution in [0.1, 0.15) is 24.2 Å². The van der Waals surface area contributed by atoms with E-state index in [1.807, 2.05) is 68.4 Å². The Hall–Kier alpha value is -1.87. The number of rotatable bonds is 5. The lowest BCUT2D eigenvalue weighted by molar-refractivity contribution is 0.107. The Balaban J connectivity index is 2.19. The molecule has 0 saturated heterocycles. The first-order valence-electron chi connectivity index (χ1n) is 6.49. The second kappa shape index (κ2) is 6.34. The molecule has 0 heterocycles. The molecule has 2 aromatic carbocycles. The van der Waals surface area contributed by atoms with Gasteiger partial charge in [-0.2, -0.15) is 0 Å². The molecule has 2 nitrogen and oxygen atoms in total. The summed E-state index contributed by atoms with van der Waals surface area (Å²) in [5.74, 6) is 0.700. The van der Waals surface area contributed by atoms with Crippen LogP contribution < -0.4 is 9.92 Å². The van der Waals surface area contributed by atoms with Crippen molar-refractivity contribution in [1.82, 2.24) is 0 Å². The third-order valence-electron chi connectivity index (χ3n) is 2.76. The van der Waals surface area contributed by atoms with Gasteiger partial charge < -0.3 is 9.53 Å². The second-order valence-electron chi connectivity index (χ2n) is 4.75. The van der Waals surface area contributed by atoms with Crippen LogP contribution in [-0.2, 0) is 0 Å². The summed E-state index contributed by atoms with van der Waals surface area (Å²) >= 11 is 0. The number of carbonyl (C=O) groups excluding carboxylic acids is 1. The molecule has 0 aliphatic rings. The maximum atomic E-state index is 12.4. The first-order chi connectivity index (χ1) is 9.16. The molecule has 3 heteroatoms. The van der Waals surface area contributed by atoms with Crippen molar-refractivity contribution in [3.63, 3.8) is 0 Å². The maximum absolute atomic E-state index is 12.4. The zero-order valence-corrected chi connectivity index (χ0v) is 12.7. The Morgan fingerprint density at radius 1 is 1.00 bits per heavy atom. The first kappa shape index (κ1) is 13.6. The first-order valence-corrected chi connectivity index (χ1v) is 7.91. The Kier molecular flexibility index (Phi) is 4.52. The van der Waals surface area contributed by atoms with Gasteiger partial charge in [-0.1, -0.05) is 47.7 Å². The quantitative estimate of drug-likeness (QED) is 0.778. The topological polar surface area (TPSA) is 26.3 Å². The van der Waals surface area contributed by atoms with Gasteiger partial charge in [0, 0.05) is 0 Å². The molecule has 0 aliphatic carbocycles. The van der Waals surface area contributed by atoms with Crippen molar-refractivity contribution in [3.05, 3.63) is 60.2 Å². The van der Waals surface area contributed by atoms with Gasteiger partial charge in [-0.3, -0.25) is 0 Å². The number of hydrogen-bond donors (Lipinski definition) is 0. The molecule has 2 rings (SSSR count). The summed E-state index contributed by atoms with van der Waals surface area (Å²) in [6.07, 6.45) is 0.0762. The van der Waals surface area contributed by atoms with E-state index in [1.165, 1.54) is 0 Å². The maximum Gasteiger partial charge on any atom is 0.141 e. The van der Waals surface area contributed by atoms with E-state index in [9.17, 15) is 4.79 Å². The minimum atomic E-state index is -0.959. The normalized spacial score (nSPS) is 11.1. The molecule has 0 unspecified atom stereocenters. The van der Waals surface area contributed by atoms with E-state index in [2.05, 4.69) is 0 Å². The number of benzene rings is 2. The van der Waals surface area contributed by atoms with Gasteiger partial charge in [-0.05, 0) is 26.0 Å². The molecule has 98 valence electrons. The Bertz CT molecular complexity index is 550. The molecule has 0 aromatic heterocycles. The highest BCUT2D eigenvalue weighted by Crippen LogP contribution is 2.19. The summed E-state index contributed by atoms with van der Waals surface area (Å²) in [5.41, 5.74) is 0.715. The van der Waals surface area contributed by atoms with Gasteiger partial charge in [0.2, 0.25) is 0 Å². The fourth-order valence-electron chi connectivity index (χ4n) is 1.93. The zero-order chi connectivity index (χ0) is 13.7. The smallest absolute Gasteiger partial charge is 0.141 e. The minimum Gasteiger partial charge on any atom is -0.490 e. The van der Waals surface area contributed by atoms with Crippen molar-refractivity contribution in [3.8, 4) is 5.75 Å². The van der Waals surface area contributed by atoms with E-state index in [-0.39, 0.29) is 11.5 Å². The van der Waals surface area contributed by atoms with Crippen molar-refractivity contribution in [2.45, 2.75) is 20.0 Å². The van der Waals surface area contributed by atoms with Gasteiger partial charge in [0.05, 0.1) is 11.7 Å². The van der Waals surface area contributed by atoms with Crippen LogP contribution in [0.4, 0.5) is 0 Å². The third-order valence-corrected chi connectivity index (χ3v) is 4.34. The lowest BCUT2D eigenvalue weighted by Gasteiger charge is -2.13. The number of ether oxygens (including phenoxy) is 1. The van der Waals surface area contributed by atoms with Crippen LogP contribution in [-0.4, -0.2) is 21.0 Å². The predicted molar refractivity (Wildman–Crippen MR) is 81.2 cm³/mol. The van der Waals surface area contributed by atoms with Crippen LogP contribution >= 0.6 is 0 Å². The molecule has 2 aromatic rings. The van der Waals surface area contributed by atoms with Gasteiger partial charge in [0.25, 0.3) is 0 Å². The summed E-state index contributed by atoms with van der Waals surface area (Å²) in [6.45, 7) is 3.94. The van der Waals surface area contributed by atoms with Crippen molar-refractivity contribution < 1.29 is 9.53 Å². The van der Waals surface area contributed by atoms with Crippen LogP contribution in [0.3, 0.4) is 0 Å². The van der Waals surface area contributed by atoms with Crippen LogP contribution in [0.15, 0.2) is 54.6 Å². The monoisotopic (exact) mass is 270 g/mol. The molecule has 0 N–H and O–H groups in total. The van der Waals surface area contributed by atoms with Gasteiger partial charge >= 0.3 is 0 Å². The fraction of sp³-hybridized carbons (Fsp3) is 0.188. The van der Waals surface area contributed by atoms with Crippen molar-refractivity contribution >= 4 is 20.1 Å². The van der Waals surface area contributed by atoms with Crippen molar-refractivity contribution in [1.29, 1.82) is 0 Å². The van der Waals surface area contributed by atoms with Crippen LogP contribution in [0.2, 0.25) is 0 Å². The average Bonchev–Trinajstić information content (AvgIpc) is 2.39. The second-order valence-corrected chi connectivity index (χ2v) is 6.56. The molecule has 0 atom stereocenters. The van der Waals surface area contributed by atoms with E-state index in [0.717, 1.165) is 5.19 Å². The van der Waals surface area contributed by atoms with E-state index >= 15 is 0 Å². The summed E-state index contributed by atoms with van der Waals surface area (Å²) < 4.78 is 5.71. The van der Waals surface area contributed by atoms with Gasteiger partial charge in [-0.25, -0.2) is 0 Å². The molecule has 19 heavy (non-hydrogen) atoms. The Labute approximate surface area is 116 Å². The zero-order valence-electron chi connectivity index (χ0n) is 11.3. The summed E-state index contributed by atoms with van der Waals surface area (Å²) in [6, 6.07) is 17.5. The van der Waals surface area contributed by atoms with Crippen molar-refractivity contribution in [2.75, 3.05) is 0 Å². The predicted octanol–water partition coefficient (Wildman–Crippen LogP) is 2.11. The Morgan fingerprint density at radius 2 is 1.63 bits per heavy atom. The van der Waals surface area contributed by atoms with Crippen LogP contribution in [0.25, 0.3) is 0 Å². The molecule has 0 bridgehead atoms. The largest absolute Gasteiger partial charge is 0.490 e. The van der Waals surface area contributed by atoms with E-state index in [1.54, 1.807) is 0 Å². The summed E-state index contributed by atoms with van der Waals surface area (Å²) in [7, 11) is -0.959. The third kappa shape index (κ3) is 3.79. The fourth-order valence-corrected chi connectivity index (χ4v) is 3.29. The molecule has 0 aliphatic heterocycles. The van der Waals surface area contributed by atoms with Crippen LogP contribution in [0, 0.1) is 0 Å². The molecule has 0 spiro atoms. The molecular weight excluding hydrogens is 252 g/mol. The molecule has 0 amide bonds. The summed E-state index contributed by atoms with van der Waals surface area (Å²) in [4.78, 5) is 12.4. The van der Waals surface area contributed by atoms with Gasteiger partial charge in [0.15, 0.2) is 0 Å². The summed E-state index contributed by atoms with van der Waals surface area (Å²) in [5, 5.41) is 1.38. The van der Waals surface area contributed by atoms with Gasteiger partial charge in [-0.15, -0.1) is 0 Å². The molecule has 0 radical (unpaired) electrons. The highest BCUT2D eigenvalue weighted by molar-refractivity contribution is 6.87. The molecule has 0 fully saturated rings. The minimum absolute atomic E-state index is 0.0762. The average molecular weight is 270 g/mol. The van der Waals surface area contributed by atoms with Crippen molar-refractivity contribution in [2.24, 2.45) is 0 Å².